The van der Waals surface area contributed by atoms with Crippen molar-refractivity contribution in [2.45, 2.75) is 64.4 Å². The molecule has 0 aromatic rings. The normalized spacial score (nSPS) is 38.4. The quantitative estimate of drug-likeness (QED) is 0.694. The van der Waals surface area contributed by atoms with Gasteiger partial charge in [-0.05, 0) is 35.9 Å². The fourth-order valence-corrected chi connectivity index (χ4v) is 6.22. The van der Waals surface area contributed by atoms with Crippen molar-refractivity contribution in [2.24, 2.45) is 11.8 Å². The maximum Gasteiger partial charge on any atom is 0.0834 e. The van der Waals surface area contributed by atoms with E-state index in [1.807, 2.05) is 10.8 Å². The van der Waals surface area contributed by atoms with Crippen LogP contribution in [0.5, 0.6) is 0 Å². The molecule has 4 heteroatoms. The van der Waals surface area contributed by atoms with Crippen molar-refractivity contribution in [2.75, 3.05) is 5.75 Å². The van der Waals surface area contributed by atoms with Gasteiger partial charge < -0.3 is 0 Å². The summed E-state index contributed by atoms with van der Waals surface area (Å²) in [5, 5.41) is 0. The van der Waals surface area contributed by atoms with Crippen LogP contribution in [0.2, 0.25) is 0 Å². The molecule has 0 radical (unpaired) electrons. The molecule has 1 aliphatic carbocycles. The molecule has 0 amide bonds. The van der Waals surface area contributed by atoms with E-state index in [2.05, 4.69) is 6.92 Å². The Morgan fingerprint density at radius 3 is 2.29 bits per heavy atom. The summed E-state index contributed by atoms with van der Waals surface area (Å²) in [6.07, 6.45) is 11.8. The first-order valence-corrected chi connectivity index (χ1v) is 10.6. The summed E-state index contributed by atoms with van der Waals surface area (Å²) in [7, 11) is 1.60. The zero-order chi connectivity index (χ0) is 12.1. The Bertz CT molecular complexity index is 249. The van der Waals surface area contributed by atoms with Crippen LogP contribution in [0.4, 0.5) is 0 Å². The van der Waals surface area contributed by atoms with Gasteiger partial charge >= 0.3 is 0 Å². The fourth-order valence-electron chi connectivity index (χ4n) is 3.07. The largest absolute Gasteiger partial charge is 0.299 e. The average Bonchev–Trinajstić information content (AvgIpc) is 2.75. The molecular weight excluding hydrogens is 268 g/mol. The molecule has 2 unspecified atom stereocenters. The number of hydrogen-bond acceptors (Lipinski definition) is 3. The lowest BCUT2D eigenvalue weighted by Crippen LogP contribution is -2.17. The highest BCUT2D eigenvalue weighted by atomic mass is 33.3. The second kappa shape index (κ2) is 7.46. The van der Waals surface area contributed by atoms with Crippen molar-refractivity contribution in [3.05, 3.63) is 0 Å². The third-order valence-electron chi connectivity index (χ3n) is 4.12. The Morgan fingerprint density at radius 2 is 1.76 bits per heavy atom. The minimum atomic E-state index is -0.218. The lowest BCUT2D eigenvalue weighted by Gasteiger charge is -2.28. The molecule has 2 atom stereocenters. The highest BCUT2D eigenvalue weighted by molar-refractivity contribution is 8.81. The summed E-state index contributed by atoms with van der Waals surface area (Å²) in [5.74, 6) is 3.15. The van der Waals surface area contributed by atoms with Crippen LogP contribution in [-0.2, 0) is 24.1 Å². The van der Waals surface area contributed by atoms with Crippen molar-refractivity contribution < 1.29 is 4.18 Å². The van der Waals surface area contributed by atoms with Crippen LogP contribution < -0.4 is 0 Å². The van der Waals surface area contributed by atoms with Crippen LogP contribution in [0.15, 0.2) is 0 Å². The second-order valence-corrected chi connectivity index (χ2v) is 9.79. The molecule has 1 aliphatic heterocycles. The predicted octanol–water partition coefficient (Wildman–Crippen LogP) is 4.42. The van der Waals surface area contributed by atoms with Gasteiger partial charge in [0.1, 0.15) is 0 Å². The molecule has 0 aromatic carbocycles. The van der Waals surface area contributed by atoms with Gasteiger partial charge in [0.25, 0.3) is 0 Å². The lowest BCUT2D eigenvalue weighted by molar-refractivity contribution is 0.208. The molecule has 0 spiro atoms. The Labute approximate surface area is 117 Å². The summed E-state index contributed by atoms with van der Waals surface area (Å²) in [6, 6.07) is 0. The maximum absolute atomic E-state index is 5.72. The SMILES string of the molecule is CCCC1CCC(CCC2CSS(=S)O2)CC1. The Morgan fingerprint density at radius 1 is 1.12 bits per heavy atom. The molecule has 1 saturated heterocycles. The highest BCUT2D eigenvalue weighted by Gasteiger charge is 2.24. The minimum absolute atomic E-state index is 0.218. The Kier molecular flexibility index (Phi) is 6.28. The van der Waals surface area contributed by atoms with Crippen LogP contribution in [0.1, 0.15) is 58.3 Å². The first-order chi connectivity index (χ1) is 8.28. The number of hydrogen-bond donors (Lipinski definition) is 0. The first kappa shape index (κ1) is 14.3. The van der Waals surface area contributed by atoms with Crippen molar-refractivity contribution >= 4 is 30.7 Å². The van der Waals surface area contributed by atoms with Crippen molar-refractivity contribution in [3.8, 4) is 0 Å². The third-order valence-corrected chi connectivity index (χ3v) is 7.58. The molecule has 2 fully saturated rings. The maximum atomic E-state index is 5.72. The van der Waals surface area contributed by atoms with E-state index in [-0.39, 0.29) is 8.77 Å². The van der Waals surface area contributed by atoms with Crippen molar-refractivity contribution in [1.29, 1.82) is 0 Å². The fraction of sp³-hybridized carbons (Fsp3) is 1.00. The van der Waals surface area contributed by atoms with E-state index in [0.717, 1.165) is 17.6 Å². The average molecular weight is 293 g/mol. The van der Waals surface area contributed by atoms with Crippen LogP contribution >= 0.6 is 10.8 Å². The van der Waals surface area contributed by atoms with Gasteiger partial charge in [-0.2, -0.15) is 0 Å². The molecule has 2 rings (SSSR count). The van der Waals surface area contributed by atoms with Gasteiger partial charge in [0.2, 0.25) is 0 Å². The topological polar surface area (TPSA) is 9.23 Å². The van der Waals surface area contributed by atoms with Crippen LogP contribution in [0.3, 0.4) is 0 Å². The van der Waals surface area contributed by atoms with E-state index in [4.69, 9.17) is 15.4 Å². The molecule has 2 aliphatic rings. The zero-order valence-corrected chi connectivity index (χ0v) is 13.2. The third kappa shape index (κ3) is 4.81. The Balaban J connectivity index is 1.60. The molecular formula is C13H24OS3. The second-order valence-electron chi connectivity index (χ2n) is 5.46. The molecule has 1 heterocycles. The summed E-state index contributed by atoms with van der Waals surface area (Å²) in [4.78, 5) is 0. The van der Waals surface area contributed by atoms with Crippen LogP contribution in [0.25, 0.3) is 0 Å². The van der Waals surface area contributed by atoms with Crippen LogP contribution in [0, 0.1) is 11.8 Å². The smallest absolute Gasteiger partial charge is 0.0834 e. The molecule has 17 heavy (non-hydrogen) atoms. The van der Waals surface area contributed by atoms with E-state index in [1.54, 1.807) is 0 Å². The summed E-state index contributed by atoms with van der Waals surface area (Å²) in [6.45, 7) is 2.31. The number of rotatable bonds is 5. The van der Waals surface area contributed by atoms with Gasteiger partial charge in [0, 0.05) is 5.75 Å². The van der Waals surface area contributed by atoms with E-state index < -0.39 is 0 Å². The summed E-state index contributed by atoms with van der Waals surface area (Å²) >= 11 is 5.16. The van der Waals surface area contributed by atoms with Gasteiger partial charge in [0.05, 0.1) is 14.9 Å². The lowest BCUT2D eigenvalue weighted by atomic mass is 9.78. The highest BCUT2D eigenvalue weighted by Crippen LogP contribution is 2.35. The van der Waals surface area contributed by atoms with Crippen molar-refractivity contribution in [3.63, 3.8) is 0 Å². The first-order valence-electron chi connectivity index (χ1n) is 7.00. The molecule has 100 valence electrons. The molecule has 0 bridgehead atoms. The van der Waals surface area contributed by atoms with Gasteiger partial charge in [-0.1, -0.05) is 56.2 Å². The van der Waals surface area contributed by atoms with E-state index >= 15 is 0 Å². The van der Waals surface area contributed by atoms with E-state index in [1.165, 1.54) is 51.4 Å². The minimum Gasteiger partial charge on any atom is -0.299 e. The predicted molar refractivity (Wildman–Crippen MR) is 81.7 cm³/mol. The van der Waals surface area contributed by atoms with Crippen LogP contribution in [-0.4, -0.2) is 11.9 Å². The van der Waals surface area contributed by atoms with Gasteiger partial charge in [0.15, 0.2) is 0 Å². The van der Waals surface area contributed by atoms with Gasteiger partial charge in [-0.3, -0.25) is 4.18 Å². The molecule has 1 saturated carbocycles. The van der Waals surface area contributed by atoms with E-state index in [0.29, 0.717) is 6.10 Å². The van der Waals surface area contributed by atoms with Gasteiger partial charge in [-0.25, -0.2) is 0 Å². The van der Waals surface area contributed by atoms with Gasteiger partial charge in [-0.15, -0.1) is 0 Å². The van der Waals surface area contributed by atoms with E-state index in [9.17, 15) is 0 Å². The molecule has 0 N–H and O–H groups in total. The Hall–Kier alpha value is 0.880. The standard InChI is InChI=1S/C13H24OS3/c1-2-3-11-4-6-12(7-5-11)8-9-13-10-16-17(15)14-13/h11-13H,2-10H2,1H3. The summed E-state index contributed by atoms with van der Waals surface area (Å²) < 4.78 is 5.72. The monoisotopic (exact) mass is 292 g/mol. The molecule has 0 aromatic heterocycles. The zero-order valence-electron chi connectivity index (χ0n) is 10.7. The van der Waals surface area contributed by atoms with Crippen molar-refractivity contribution in [1.82, 2.24) is 0 Å². The summed E-state index contributed by atoms with van der Waals surface area (Å²) in [5.41, 5.74) is 0. The molecule has 1 nitrogen and oxygen atoms in total.